The first-order valence-corrected chi connectivity index (χ1v) is 9.83. The molecule has 0 bridgehead atoms. The average molecular weight is 347 g/mol. The number of hydrogen-bond donors (Lipinski definition) is 0. The van der Waals surface area contributed by atoms with Crippen molar-refractivity contribution in [2.45, 2.75) is 58.9 Å². The molecule has 1 fully saturated rings. The van der Waals surface area contributed by atoms with E-state index < -0.39 is 0 Å². The van der Waals surface area contributed by atoms with Crippen LogP contribution in [-0.4, -0.2) is 37.2 Å². The topological polar surface area (TPSA) is 38.8 Å². The highest BCUT2D eigenvalue weighted by atomic mass is 16.5. The fourth-order valence-electron chi connectivity index (χ4n) is 3.32. The third-order valence-corrected chi connectivity index (χ3v) is 4.72. The molecule has 1 heterocycles. The van der Waals surface area contributed by atoms with Crippen LogP contribution >= 0.6 is 0 Å². The van der Waals surface area contributed by atoms with Crippen molar-refractivity contribution in [3.8, 4) is 5.75 Å². The summed E-state index contributed by atoms with van der Waals surface area (Å²) >= 11 is 0. The van der Waals surface area contributed by atoms with Crippen molar-refractivity contribution in [2.24, 2.45) is 5.92 Å². The number of rotatable bonds is 10. The molecule has 2 rings (SSSR count). The summed E-state index contributed by atoms with van der Waals surface area (Å²) < 4.78 is 11.0. The van der Waals surface area contributed by atoms with E-state index in [1.54, 1.807) is 0 Å². The maximum atomic E-state index is 11.9. The number of nitrogens with zero attached hydrogens (tertiary/aromatic N) is 1. The lowest BCUT2D eigenvalue weighted by molar-refractivity contribution is -0.150. The number of hydrogen-bond acceptors (Lipinski definition) is 4. The van der Waals surface area contributed by atoms with E-state index in [4.69, 9.17) is 9.47 Å². The molecule has 0 aliphatic carbocycles. The summed E-state index contributed by atoms with van der Waals surface area (Å²) in [5.41, 5.74) is 1.27. The van der Waals surface area contributed by atoms with Gasteiger partial charge in [0.15, 0.2) is 0 Å². The van der Waals surface area contributed by atoms with Gasteiger partial charge in [-0.15, -0.1) is 0 Å². The Morgan fingerprint density at radius 3 is 2.68 bits per heavy atom. The van der Waals surface area contributed by atoms with Gasteiger partial charge in [-0.05, 0) is 50.4 Å². The predicted octanol–water partition coefficient (Wildman–Crippen LogP) is 4.42. The number of carbonyl (C=O) groups is 1. The molecule has 4 nitrogen and oxygen atoms in total. The molecule has 25 heavy (non-hydrogen) atoms. The average Bonchev–Trinajstić information content (AvgIpc) is 2.63. The highest BCUT2D eigenvalue weighted by Gasteiger charge is 2.26. The monoisotopic (exact) mass is 347 g/mol. The molecule has 0 N–H and O–H groups in total. The van der Waals surface area contributed by atoms with Crippen LogP contribution < -0.4 is 4.74 Å². The molecule has 1 aromatic rings. The Bertz CT molecular complexity index is 500. The molecular formula is C21H33NO3. The van der Waals surface area contributed by atoms with E-state index >= 15 is 0 Å². The van der Waals surface area contributed by atoms with Gasteiger partial charge in [-0.3, -0.25) is 9.69 Å². The number of benzene rings is 1. The summed E-state index contributed by atoms with van der Waals surface area (Å²) in [6.07, 6.45) is 6.90. The SMILES string of the molecule is CCCCCCOc1ccc(CN2CCC[C@H](C(=O)OCC)C2)cc1. The van der Waals surface area contributed by atoms with Crippen LogP contribution in [0.15, 0.2) is 24.3 Å². The first kappa shape index (κ1) is 19.8. The third kappa shape index (κ3) is 7.07. The summed E-state index contributed by atoms with van der Waals surface area (Å²) in [5.74, 6) is 0.932. The van der Waals surface area contributed by atoms with Gasteiger partial charge in [0, 0.05) is 13.1 Å². The van der Waals surface area contributed by atoms with Crippen molar-refractivity contribution in [3.05, 3.63) is 29.8 Å². The van der Waals surface area contributed by atoms with Crippen LogP contribution in [0.1, 0.15) is 57.9 Å². The molecular weight excluding hydrogens is 314 g/mol. The molecule has 0 aromatic heterocycles. The number of esters is 1. The number of ether oxygens (including phenoxy) is 2. The fraction of sp³-hybridized carbons (Fsp3) is 0.667. The molecule has 0 amide bonds. The van der Waals surface area contributed by atoms with Gasteiger partial charge in [0.2, 0.25) is 0 Å². The Labute approximate surface area is 152 Å². The lowest BCUT2D eigenvalue weighted by Gasteiger charge is -2.31. The quantitative estimate of drug-likeness (QED) is 0.464. The van der Waals surface area contributed by atoms with Crippen molar-refractivity contribution in [2.75, 3.05) is 26.3 Å². The first-order chi connectivity index (χ1) is 12.2. The van der Waals surface area contributed by atoms with E-state index in [2.05, 4.69) is 36.1 Å². The molecule has 0 unspecified atom stereocenters. The maximum absolute atomic E-state index is 11.9. The number of likely N-dealkylation sites (tertiary alicyclic amines) is 1. The van der Waals surface area contributed by atoms with Gasteiger partial charge in [-0.25, -0.2) is 0 Å². The Morgan fingerprint density at radius 1 is 1.16 bits per heavy atom. The van der Waals surface area contributed by atoms with Crippen LogP contribution in [0.25, 0.3) is 0 Å². The van der Waals surface area contributed by atoms with E-state index in [9.17, 15) is 4.79 Å². The highest BCUT2D eigenvalue weighted by molar-refractivity contribution is 5.72. The molecule has 0 radical (unpaired) electrons. The van der Waals surface area contributed by atoms with Gasteiger partial charge in [-0.2, -0.15) is 0 Å². The van der Waals surface area contributed by atoms with Gasteiger partial charge in [0.25, 0.3) is 0 Å². The zero-order valence-electron chi connectivity index (χ0n) is 15.8. The standard InChI is InChI=1S/C21H33NO3/c1-3-5-6-7-15-25-20-12-10-18(11-13-20)16-22-14-8-9-19(17-22)21(23)24-4-2/h10-13,19H,3-9,14-17H2,1-2H3/t19-/m0/s1. The smallest absolute Gasteiger partial charge is 0.310 e. The van der Waals surface area contributed by atoms with Crippen molar-refractivity contribution in [3.63, 3.8) is 0 Å². The Kier molecular flexibility index (Phi) is 8.81. The van der Waals surface area contributed by atoms with Gasteiger partial charge in [0.05, 0.1) is 19.1 Å². The third-order valence-electron chi connectivity index (χ3n) is 4.72. The summed E-state index contributed by atoms with van der Waals surface area (Å²) in [4.78, 5) is 14.3. The van der Waals surface area contributed by atoms with E-state index in [1.165, 1.54) is 24.8 Å². The molecule has 1 aliphatic rings. The Morgan fingerprint density at radius 2 is 1.96 bits per heavy atom. The molecule has 4 heteroatoms. The van der Waals surface area contributed by atoms with Crippen LogP contribution in [0.3, 0.4) is 0 Å². The van der Waals surface area contributed by atoms with Crippen molar-refractivity contribution < 1.29 is 14.3 Å². The summed E-state index contributed by atoms with van der Waals surface area (Å²) in [5, 5.41) is 0. The van der Waals surface area contributed by atoms with Crippen LogP contribution in [0.2, 0.25) is 0 Å². The Hall–Kier alpha value is -1.55. The number of unbranched alkanes of at least 4 members (excludes halogenated alkanes) is 3. The largest absolute Gasteiger partial charge is 0.494 e. The van der Waals surface area contributed by atoms with Crippen molar-refractivity contribution >= 4 is 5.97 Å². The van der Waals surface area contributed by atoms with Gasteiger partial charge < -0.3 is 9.47 Å². The number of piperidine rings is 1. The van der Waals surface area contributed by atoms with Crippen molar-refractivity contribution in [1.29, 1.82) is 0 Å². The van der Waals surface area contributed by atoms with Gasteiger partial charge in [0.1, 0.15) is 5.75 Å². The minimum atomic E-state index is -0.0426. The van der Waals surface area contributed by atoms with Crippen LogP contribution in [0, 0.1) is 5.92 Å². The summed E-state index contributed by atoms with van der Waals surface area (Å²) in [7, 11) is 0. The molecule has 1 aromatic carbocycles. The lowest BCUT2D eigenvalue weighted by atomic mass is 9.98. The fourth-order valence-corrected chi connectivity index (χ4v) is 3.32. The van der Waals surface area contributed by atoms with Crippen LogP contribution in [0.5, 0.6) is 5.75 Å². The summed E-state index contributed by atoms with van der Waals surface area (Å²) in [6.45, 7) is 8.08. The van der Waals surface area contributed by atoms with E-state index in [1.807, 2.05) is 6.92 Å². The minimum Gasteiger partial charge on any atom is -0.494 e. The Balaban J connectivity index is 1.75. The molecule has 140 valence electrons. The molecule has 0 saturated carbocycles. The van der Waals surface area contributed by atoms with Gasteiger partial charge in [-0.1, -0.05) is 38.3 Å². The second kappa shape index (κ2) is 11.1. The first-order valence-electron chi connectivity index (χ1n) is 9.83. The van der Waals surface area contributed by atoms with E-state index in [0.717, 1.165) is 51.3 Å². The molecule has 1 atom stereocenters. The number of carbonyl (C=O) groups excluding carboxylic acids is 1. The van der Waals surface area contributed by atoms with E-state index in [0.29, 0.717) is 6.61 Å². The molecule has 1 aliphatic heterocycles. The normalized spacial score (nSPS) is 18.1. The zero-order valence-corrected chi connectivity index (χ0v) is 15.8. The van der Waals surface area contributed by atoms with Gasteiger partial charge >= 0.3 is 5.97 Å². The molecule has 1 saturated heterocycles. The minimum absolute atomic E-state index is 0.0272. The zero-order chi connectivity index (χ0) is 17.9. The maximum Gasteiger partial charge on any atom is 0.310 e. The lowest BCUT2D eigenvalue weighted by Crippen LogP contribution is -2.38. The van der Waals surface area contributed by atoms with Crippen LogP contribution in [-0.2, 0) is 16.1 Å². The van der Waals surface area contributed by atoms with E-state index in [-0.39, 0.29) is 11.9 Å². The van der Waals surface area contributed by atoms with Crippen molar-refractivity contribution in [1.82, 2.24) is 4.90 Å². The molecule has 0 spiro atoms. The predicted molar refractivity (Wildman–Crippen MR) is 101 cm³/mol. The highest BCUT2D eigenvalue weighted by Crippen LogP contribution is 2.21. The summed E-state index contributed by atoms with van der Waals surface area (Å²) in [6, 6.07) is 8.38. The second-order valence-corrected chi connectivity index (χ2v) is 6.88. The van der Waals surface area contributed by atoms with Crippen LogP contribution in [0.4, 0.5) is 0 Å². The second-order valence-electron chi connectivity index (χ2n) is 6.88.